The highest BCUT2D eigenvalue weighted by Crippen LogP contribution is 2.18. The molecule has 0 N–H and O–H groups in total. The molecule has 0 saturated heterocycles. The second-order valence-corrected chi connectivity index (χ2v) is 20.1. The van der Waals surface area contributed by atoms with E-state index in [1.165, 1.54) is 218 Å². The summed E-state index contributed by atoms with van der Waals surface area (Å²) in [5.41, 5.74) is 0. The van der Waals surface area contributed by atoms with Crippen molar-refractivity contribution in [2.75, 3.05) is 13.2 Å². The van der Waals surface area contributed by atoms with Gasteiger partial charge in [0.2, 0.25) is 0 Å². The van der Waals surface area contributed by atoms with Gasteiger partial charge < -0.3 is 14.2 Å². The number of unbranched alkanes of at least 4 members (excludes halogenated alkanes) is 39. The Hall–Kier alpha value is -1.59. The van der Waals surface area contributed by atoms with Crippen LogP contribution in [-0.4, -0.2) is 37.2 Å². The van der Waals surface area contributed by atoms with Gasteiger partial charge in [0.1, 0.15) is 13.2 Å². The van der Waals surface area contributed by atoms with Gasteiger partial charge in [-0.05, 0) is 25.2 Å². The Bertz CT molecular complexity index is 949. The summed E-state index contributed by atoms with van der Waals surface area (Å²) < 4.78 is 16.9. The molecule has 0 fully saturated rings. The molecule has 0 amide bonds. The maximum Gasteiger partial charge on any atom is 0.306 e. The molecule has 0 rings (SSSR count). The van der Waals surface area contributed by atoms with Crippen LogP contribution >= 0.6 is 0 Å². The van der Waals surface area contributed by atoms with Crippen LogP contribution in [0.4, 0.5) is 0 Å². The van der Waals surface area contributed by atoms with Gasteiger partial charge in [-0.25, -0.2) is 0 Å². The Labute approximate surface area is 393 Å². The summed E-state index contributed by atoms with van der Waals surface area (Å²) in [4.78, 5) is 38.1. The second kappa shape index (κ2) is 51.4. The Kier molecular flexibility index (Phi) is 50.1. The van der Waals surface area contributed by atoms with Crippen molar-refractivity contribution in [3.05, 3.63) is 0 Å². The van der Waals surface area contributed by atoms with E-state index in [-0.39, 0.29) is 31.1 Å². The largest absolute Gasteiger partial charge is 0.462 e. The molecule has 1 atom stereocenters. The van der Waals surface area contributed by atoms with E-state index in [0.717, 1.165) is 63.7 Å². The molecule has 0 spiro atoms. The number of ether oxygens (including phenoxy) is 3. The van der Waals surface area contributed by atoms with E-state index in [2.05, 4.69) is 27.7 Å². The molecule has 0 aliphatic heterocycles. The summed E-state index contributed by atoms with van der Waals surface area (Å²) >= 11 is 0. The van der Waals surface area contributed by atoms with E-state index in [4.69, 9.17) is 14.2 Å². The molecular weight excluding hydrogens is 781 g/mol. The molecule has 0 aromatic rings. The molecule has 6 heteroatoms. The first-order chi connectivity index (χ1) is 30.9. The van der Waals surface area contributed by atoms with Crippen LogP contribution in [0.3, 0.4) is 0 Å². The summed E-state index contributed by atoms with van der Waals surface area (Å²) in [6, 6.07) is 0. The fourth-order valence-electron chi connectivity index (χ4n) is 8.75. The zero-order valence-electron chi connectivity index (χ0n) is 43.0. The molecule has 374 valence electrons. The molecule has 0 aromatic carbocycles. The molecule has 0 bridgehead atoms. The number of carbonyl (C=O) groups is 3. The van der Waals surface area contributed by atoms with Crippen molar-refractivity contribution in [1.29, 1.82) is 0 Å². The monoisotopic (exact) mass is 891 g/mol. The summed E-state index contributed by atoms with van der Waals surface area (Å²) in [5, 5.41) is 0. The van der Waals surface area contributed by atoms with Crippen LogP contribution in [0.15, 0.2) is 0 Å². The van der Waals surface area contributed by atoms with E-state index < -0.39 is 6.10 Å². The highest BCUT2D eigenvalue weighted by molar-refractivity contribution is 5.71. The lowest BCUT2D eigenvalue weighted by molar-refractivity contribution is -0.167. The van der Waals surface area contributed by atoms with Gasteiger partial charge in [0.25, 0.3) is 0 Å². The number of esters is 3. The Morgan fingerprint density at radius 1 is 0.302 bits per heavy atom. The SMILES string of the molecule is CCCCCCCCCCCCCCCCC(=O)OC[C@H](COC(=O)CCCCCCCCCCCCCCCCCC(C)C)OC(=O)CCCCCCCCCCCCCCC. The Morgan fingerprint density at radius 3 is 0.778 bits per heavy atom. The zero-order valence-corrected chi connectivity index (χ0v) is 43.0. The maximum atomic E-state index is 12.8. The average molecular weight is 892 g/mol. The quantitative estimate of drug-likeness (QED) is 0.0344. The molecular formula is C57H110O6. The first kappa shape index (κ1) is 61.4. The molecule has 0 aromatic heterocycles. The van der Waals surface area contributed by atoms with Gasteiger partial charge in [0.15, 0.2) is 6.10 Å². The number of carbonyl (C=O) groups excluding carboxylic acids is 3. The van der Waals surface area contributed by atoms with Crippen LogP contribution in [0, 0.1) is 5.92 Å². The highest BCUT2D eigenvalue weighted by Gasteiger charge is 2.19. The minimum absolute atomic E-state index is 0.0619. The maximum absolute atomic E-state index is 12.8. The average Bonchev–Trinajstić information content (AvgIpc) is 3.27. The molecule has 0 aliphatic rings. The van der Waals surface area contributed by atoms with Crippen molar-refractivity contribution in [3.8, 4) is 0 Å². The van der Waals surface area contributed by atoms with Crippen LogP contribution in [0.5, 0.6) is 0 Å². The molecule has 63 heavy (non-hydrogen) atoms. The van der Waals surface area contributed by atoms with Gasteiger partial charge in [-0.15, -0.1) is 0 Å². The lowest BCUT2D eigenvalue weighted by atomic mass is 10.0. The van der Waals surface area contributed by atoms with Crippen LogP contribution in [0.25, 0.3) is 0 Å². The Morgan fingerprint density at radius 2 is 0.524 bits per heavy atom. The van der Waals surface area contributed by atoms with Gasteiger partial charge in [-0.2, -0.15) is 0 Å². The summed E-state index contributed by atoms with van der Waals surface area (Å²) in [6.45, 7) is 9.06. The third-order valence-electron chi connectivity index (χ3n) is 13.0. The number of rotatable bonds is 52. The fourth-order valence-corrected chi connectivity index (χ4v) is 8.75. The number of hydrogen-bond donors (Lipinski definition) is 0. The number of hydrogen-bond acceptors (Lipinski definition) is 6. The van der Waals surface area contributed by atoms with E-state index in [1.54, 1.807) is 0 Å². The second-order valence-electron chi connectivity index (χ2n) is 20.1. The lowest BCUT2D eigenvalue weighted by Crippen LogP contribution is -2.30. The molecule has 0 unspecified atom stereocenters. The summed E-state index contributed by atoms with van der Waals surface area (Å²) in [6.07, 6.45) is 55.1. The predicted molar refractivity (Wildman–Crippen MR) is 270 cm³/mol. The highest BCUT2D eigenvalue weighted by atomic mass is 16.6. The van der Waals surface area contributed by atoms with Crippen LogP contribution in [0.1, 0.15) is 323 Å². The first-order valence-corrected chi connectivity index (χ1v) is 28.4. The molecule has 0 radical (unpaired) electrons. The molecule has 0 heterocycles. The normalized spacial score (nSPS) is 12.0. The third kappa shape index (κ3) is 51.3. The van der Waals surface area contributed by atoms with Gasteiger partial charge in [-0.1, -0.05) is 285 Å². The van der Waals surface area contributed by atoms with Gasteiger partial charge >= 0.3 is 17.9 Å². The zero-order chi connectivity index (χ0) is 45.9. The standard InChI is InChI=1S/C57H110O6/c1-5-7-9-11-13-15-17-19-25-28-32-36-40-44-48-55(58)61-51-54(63-57(60)50-46-42-38-34-30-23-18-16-14-12-10-8-6-2)52-62-56(59)49-45-41-37-33-29-26-22-20-21-24-27-31-35-39-43-47-53(3)4/h53-54H,5-52H2,1-4H3/t54-/m1/s1. The van der Waals surface area contributed by atoms with E-state index in [9.17, 15) is 14.4 Å². The van der Waals surface area contributed by atoms with E-state index >= 15 is 0 Å². The molecule has 0 aliphatic carbocycles. The van der Waals surface area contributed by atoms with Crippen molar-refractivity contribution in [3.63, 3.8) is 0 Å². The van der Waals surface area contributed by atoms with Crippen molar-refractivity contribution < 1.29 is 28.6 Å². The smallest absolute Gasteiger partial charge is 0.306 e. The molecule has 0 saturated carbocycles. The van der Waals surface area contributed by atoms with Crippen molar-refractivity contribution in [2.24, 2.45) is 5.92 Å². The minimum atomic E-state index is -0.761. The van der Waals surface area contributed by atoms with Crippen LogP contribution < -0.4 is 0 Å². The summed E-state index contributed by atoms with van der Waals surface area (Å²) in [7, 11) is 0. The minimum Gasteiger partial charge on any atom is -0.462 e. The lowest BCUT2D eigenvalue weighted by Gasteiger charge is -2.18. The topological polar surface area (TPSA) is 78.9 Å². The van der Waals surface area contributed by atoms with Gasteiger partial charge in [0, 0.05) is 19.3 Å². The van der Waals surface area contributed by atoms with Crippen LogP contribution in [-0.2, 0) is 28.6 Å². The fraction of sp³-hybridized carbons (Fsp3) is 0.947. The van der Waals surface area contributed by atoms with Gasteiger partial charge in [0.05, 0.1) is 0 Å². The van der Waals surface area contributed by atoms with Crippen molar-refractivity contribution in [1.82, 2.24) is 0 Å². The van der Waals surface area contributed by atoms with E-state index in [1.807, 2.05) is 0 Å². The van der Waals surface area contributed by atoms with Crippen molar-refractivity contribution >= 4 is 17.9 Å². The molecule has 6 nitrogen and oxygen atoms in total. The Balaban J connectivity index is 4.27. The predicted octanol–water partition coefficient (Wildman–Crippen LogP) is 18.6. The summed E-state index contributed by atoms with van der Waals surface area (Å²) in [5.74, 6) is 0.0129. The first-order valence-electron chi connectivity index (χ1n) is 28.4. The van der Waals surface area contributed by atoms with E-state index in [0.29, 0.717) is 19.3 Å². The third-order valence-corrected chi connectivity index (χ3v) is 13.0. The van der Waals surface area contributed by atoms with Crippen molar-refractivity contribution in [2.45, 2.75) is 329 Å². The van der Waals surface area contributed by atoms with Crippen LogP contribution in [0.2, 0.25) is 0 Å². The van der Waals surface area contributed by atoms with Gasteiger partial charge in [-0.3, -0.25) is 14.4 Å².